The molecule has 1 saturated heterocycles. The summed E-state index contributed by atoms with van der Waals surface area (Å²) in [6.45, 7) is 4.62. The Bertz CT molecular complexity index is 1340. The average Bonchev–Trinajstić information content (AvgIpc) is 2.82. The van der Waals surface area contributed by atoms with Crippen LogP contribution < -0.4 is 19.7 Å². The summed E-state index contributed by atoms with van der Waals surface area (Å²) >= 11 is 5.13. The lowest BCUT2D eigenvalue weighted by Crippen LogP contribution is -2.54. The van der Waals surface area contributed by atoms with Crippen LogP contribution in [0.25, 0.3) is 6.08 Å². The molecule has 4 rings (SSSR count). The third-order valence-corrected chi connectivity index (χ3v) is 5.54. The third kappa shape index (κ3) is 5.38. The topological polar surface area (TPSA) is 67.9 Å². The Labute approximate surface area is 208 Å². The minimum Gasteiger partial charge on any atom is -0.490 e. The van der Waals surface area contributed by atoms with Crippen LogP contribution in [0.5, 0.6) is 11.5 Å². The van der Waals surface area contributed by atoms with Crippen LogP contribution in [0.3, 0.4) is 0 Å². The van der Waals surface area contributed by atoms with Gasteiger partial charge in [-0.25, -0.2) is 9.29 Å². The van der Waals surface area contributed by atoms with Crippen molar-refractivity contribution in [1.82, 2.24) is 5.32 Å². The van der Waals surface area contributed by atoms with Gasteiger partial charge < -0.3 is 9.47 Å². The van der Waals surface area contributed by atoms with Gasteiger partial charge in [-0.2, -0.15) is 0 Å². The summed E-state index contributed by atoms with van der Waals surface area (Å²) in [6.07, 6.45) is 1.42. The summed E-state index contributed by atoms with van der Waals surface area (Å²) in [7, 11) is 0. The van der Waals surface area contributed by atoms with Gasteiger partial charge >= 0.3 is 0 Å². The van der Waals surface area contributed by atoms with E-state index >= 15 is 0 Å². The Kier molecular flexibility index (Phi) is 7.22. The zero-order chi connectivity index (χ0) is 24.9. The number of carbonyl (C=O) groups is 2. The van der Waals surface area contributed by atoms with E-state index in [-0.39, 0.29) is 16.4 Å². The maximum atomic E-state index is 14.4. The molecule has 35 heavy (non-hydrogen) atoms. The van der Waals surface area contributed by atoms with E-state index in [1.807, 2.05) is 38.1 Å². The second-order valence-electron chi connectivity index (χ2n) is 7.83. The normalized spacial score (nSPS) is 14.8. The van der Waals surface area contributed by atoms with Crippen LogP contribution in [0.1, 0.15) is 23.6 Å². The summed E-state index contributed by atoms with van der Waals surface area (Å²) in [6, 6.07) is 18.8. The number of nitrogens with one attached hydrogen (secondary N) is 1. The molecule has 0 aromatic heterocycles. The number of hydrogen-bond donors (Lipinski definition) is 1. The molecule has 1 fully saturated rings. The minimum atomic E-state index is -0.721. The number of ether oxygens (including phenoxy) is 2. The maximum Gasteiger partial charge on any atom is 0.270 e. The zero-order valence-electron chi connectivity index (χ0n) is 19.2. The first kappa shape index (κ1) is 24.1. The molecule has 1 heterocycles. The molecule has 0 atom stereocenters. The van der Waals surface area contributed by atoms with Crippen molar-refractivity contribution in [2.45, 2.75) is 20.5 Å². The predicted molar refractivity (Wildman–Crippen MR) is 136 cm³/mol. The fourth-order valence-electron chi connectivity index (χ4n) is 3.64. The SMILES string of the molecule is CCOc1cc(/C=C2\C(=O)NC(=S)N(c3ccccc3F)C2=O)ccc1OCc1cccc(C)c1. The molecule has 0 unspecified atom stereocenters. The first-order valence-corrected chi connectivity index (χ1v) is 11.4. The Morgan fingerprint density at radius 2 is 1.80 bits per heavy atom. The molecule has 2 amide bonds. The molecule has 1 aliphatic heterocycles. The highest BCUT2D eigenvalue weighted by Crippen LogP contribution is 2.31. The molecule has 3 aromatic carbocycles. The van der Waals surface area contributed by atoms with Gasteiger partial charge in [0.25, 0.3) is 11.8 Å². The van der Waals surface area contributed by atoms with Crippen molar-refractivity contribution in [3.8, 4) is 11.5 Å². The van der Waals surface area contributed by atoms with E-state index in [9.17, 15) is 14.0 Å². The predicted octanol–water partition coefficient (Wildman–Crippen LogP) is 4.94. The van der Waals surface area contributed by atoms with E-state index in [0.29, 0.717) is 30.3 Å². The van der Waals surface area contributed by atoms with Gasteiger partial charge in [-0.15, -0.1) is 0 Å². The highest BCUT2D eigenvalue weighted by atomic mass is 32.1. The maximum absolute atomic E-state index is 14.4. The number of para-hydroxylation sites is 1. The first-order valence-electron chi connectivity index (χ1n) is 11.0. The number of benzene rings is 3. The zero-order valence-corrected chi connectivity index (χ0v) is 20.0. The van der Waals surface area contributed by atoms with Crippen molar-refractivity contribution in [2.24, 2.45) is 0 Å². The molecule has 1 N–H and O–H groups in total. The van der Waals surface area contributed by atoms with Crippen molar-refractivity contribution in [3.05, 3.63) is 94.8 Å². The number of nitrogens with zero attached hydrogens (tertiary/aromatic N) is 1. The standard InChI is InChI=1S/C27H23FN2O4S/c1-3-33-24-15-18(11-12-23(24)34-16-19-8-6-7-17(2)13-19)14-20-25(31)29-27(35)30(26(20)32)22-10-5-4-9-21(22)28/h4-15H,3,16H2,1-2H3,(H,29,31,35)/b20-14+. The number of hydrogen-bond acceptors (Lipinski definition) is 5. The van der Waals surface area contributed by atoms with Crippen molar-refractivity contribution < 1.29 is 23.5 Å². The van der Waals surface area contributed by atoms with Gasteiger partial charge in [-0.1, -0.05) is 48.0 Å². The second-order valence-corrected chi connectivity index (χ2v) is 8.21. The number of halogens is 1. The molecule has 0 radical (unpaired) electrons. The lowest BCUT2D eigenvalue weighted by atomic mass is 10.1. The highest BCUT2D eigenvalue weighted by molar-refractivity contribution is 7.80. The summed E-state index contributed by atoms with van der Waals surface area (Å²) in [5, 5.41) is 2.27. The Morgan fingerprint density at radius 1 is 1.00 bits per heavy atom. The molecule has 3 aromatic rings. The Morgan fingerprint density at radius 3 is 2.54 bits per heavy atom. The van der Waals surface area contributed by atoms with E-state index in [2.05, 4.69) is 5.32 Å². The second kappa shape index (κ2) is 10.5. The summed E-state index contributed by atoms with van der Waals surface area (Å²) in [5.74, 6) is -1.01. The van der Waals surface area contributed by atoms with Crippen LogP contribution in [0.15, 0.2) is 72.3 Å². The van der Waals surface area contributed by atoms with Crippen LogP contribution in [0.2, 0.25) is 0 Å². The van der Waals surface area contributed by atoms with Gasteiger partial charge in [0.15, 0.2) is 16.6 Å². The van der Waals surface area contributed by atoms with Gasteiger partial charge in [0, 0.05) is 0 Å². The van der Waals surface area contributed by atoms with Gasteiger partial charge in [0.2, 0.25) is 0 Å². The van der Waals surface area contributed by atoms with Crippen molar-refractivity contribution in [3.63, 3.8) is 0 Å². The van der Waals surface area contributed by atoms with E-state index in [1.165, 1.54) is 24.3 Å². The number of anilines is 1. The number of thiocarbonyl (C=S) groups is 1. The van der Waals surface area contributed by atoms with Gasteiger partial charge in [0.1, 0.15) is 18.0 Å². The molecule has 0 bridgehead atoms. The lowest BCUT2D eigenvalue weighted by Gasteiger charge is -2.29. The summed E-state index contributed by atoms with van der Waals surface area (Å²) in [5.41, 5.74) is 2.47. The number of rotatable bonds is 7. The molecule has 0 aliphatic carbocycles. The summed E-state index contributed by atoms with van der Waals surface area (Å²) < 4.78 is 26.1. The van der Waals surface area contributed by atoms with Gasteiger partial charge in [0.05, 0.1) is 12.3 Å². The molecule has 0 saturated carbocycles. The number of aryl methyl sites for hydroxylation is 1. The lowest BCUT2D eigenvalue weighted by molar-refractivity contribution is -0.122. The molecular weight excluding hydrogens is 467 g/mol. The Balaban J connectivity index is 1.62. The van der Waals surface area contributed by atoms with Crippen LogP contribution in [-0.4, -0.2) is 23.5 Å². The van der Waals surface area contributed by atoms with E-state index in [0.717, 1.165) is 16.0 Å². The number of amides is 2. The van der Waals surface area contributed by atoms with Crippen LogP contribution in [0.4, 0.5) is 10.1 Å². The third-order valence-electron chi connectivity index (χ3n) is 5.25. The van der Waals surface area contributed by atoms with Crippen LogP contribution in [0, 0.1) is 12.7 Å². The van der Waals surface area contributed by atoms with Crippen molar-refractivity contribution >= 4 is 40.9 Å². The highest BCUT2D eigenvalue weighted by Gasteiger charge is 2.35. The fourth-order valence-corrected chi connectivity index (χ4v) is 3.91. The van der Waals surface area contributed by atoms with Crippen molar-refractivity contribution in [2.75, 3.05) is 11.5 Å². The Hall–Kier alpha value is -4.04. The molecule has 6 nitrogen and oxygen atoms in total. The summed E-state index contributed by atoms with van der Waals surface area (Å²) in [4.78, 5) is 26.7. The van der Waals surface area contributed by atoms with Crippen LogP contribution >= 0.6 is 12.2 Å². The van der Waals surface area contributed by atoms with E-state index in [1.54, 1.807) is 24.3 Å². The van der Waals surface area contributed by atoms with Crippen molar-refractivity contribution in [1.29, 1.82) is 0 Å². The minimum absolute atomic E-state index is 0.0386. The molecule has 1 aliphatic rings. The average molecular weight is 491 g/mol. The van der Waals surface area contributed by atoms with Crippen LogP contribution in [-0.2, 0) is 16.2 Å². The monoisotopic (exact) mass is 490 g/mol. The molecule has 178 valence electrons. The molecule has 0 spiro atoms. The largest absolute Gasteiger partial charge is 0.490 e. The van der Waals surface area contributed by atoms with Gasteiger partial charge in [-0.3, -0.25) is 14.9 Å². The fraction of sp³-hybridized carbons (Fsp3) is 0.148. The van der Waals surface area contributed by atoms with E-state index < -0.39 is 17.6 Å². The molecule has 8 heteroatoms. The van der Waals surface area contributed by atoms with Gasteiger partial charge in [-0.05, 0) is 67.5 Å². The number of carbonyl (C=O) groups excluding carboxylic acids is 2. The van der Waals surface area contributed by atoms with E-state index in [4.69, 9.17) is 21.7 Å². The quantitative estimate of drug-likeness (QED) is 0.289. The molecular formula is C27H23FN2O4S. The smallest absolute Gasteiger partial charge is 0.270 e. The first-order chi connectivity index (χ1) is 16.9.